The molecule has 0 N–H and O–H groups in total. The third-order valence-corrected chi connectivity index (χ3v) is 5.95. The van der Waals surface area contributed by atoms with Crippen LogP contribution in [0.25, 0.3) is 0 Å². The molecular weight excluding hydrogens is 330 g/mol. The smallest absolute Gasteiger partial charge is 0.0690 e. The van der Waals surface area contributed by atoms with E-state index in [2.05, 4.69) is 71.6 Å². The average molecular weight is 372 g/mol. The summed E-state index contributed by atoms with van der Waals surface area (Å²) in [7, 11) is 0. The molecule has 1 aromatic rings. The van der Waals surface area contributed by atoms with Crippen LogP contribution in [-0.4, -0.2) is 28.5 Å². The van der Waals surface area contributed by atoms with Gasteiger partial charge in [-0.15, -0.1) is 0 Å². The zero-order valence-corrected chi connectivity index (χ0v) is 18.8. The predicted octanol–water partition coefficient (Wildman–Crippen LogP) is 6.35. The molecule has 3 heteroatoms. The highest BCUT2D eigenvalue weighted by atomic mass is 15.2. The first-order valence-electron chi connectivity index (χ1n) is 10.8. The van der Waals surface area contributed by atoms with Crippen LogP contribution in [0, 0.1) is 16.7 Å². The number of nitriles is 1. The molecule has 1 atom stereocenters. The highest BCUT2D eigenvalue weighted by molar-refractivity contribution is 5.19. The molecule has 0 aliphatic rings. The number of rotatable bonds is 12. The topological polar surface area (TPSA) is 39.9 Å². The highest BCUT2D eigenvalue weighted by Crippen LogP contribution is 2.44. The molecule has 27 heavy (non-hydrogen) atoms. The summed E-state index contributed by atoms with van der Waals surface area (Å²) in [4.78, 5) is 7.28. The molecule has 0 aliphatic carbocycles. The van der Waals surface area contributed by atoms with Crippen LogP contribution in [0.5, 0.6) is 0 Å². The molecule has 1 rings (SSSR count). The molecule has 0 fully saturated rings. The summed E-state index contributed by atoms with van der Waals surface area (Å²) >= 11 is 0. The number of nitrogens with zero attached hydrogens (tertiary/aromatic N) is 3. The summed E-state index contributed by atoms with van der Waals surface area (Å²) in [5.41, 5.74) is 0.781. The molecule has 0 aromatic carbocycles. The average Bonchev–Trinajstić information content (AvgIpc) is 2.62. The molecule has 3 nitrogen and oxygen atoms in total. The van der Waals surface area contributed by atoms with Gasteiger partial charge in [-0.1, -0.05) is 39.7 Å². The van der Waals surface area contributed by atoms with Crippen molar-refractivity contribution < 1.29 is 0 Å². The van der Waals surface area contributed by atoms with Crippen molar-refractivity contribution >= 4 is 0 Å². The number of hydrogen-bond acceptors (Lipinski definition) is 3. The van der Waals surface area contributed by atoms with Crippen molar-refractivity contribution in [3.8, 4) is 6.07 Å². The maximum Gasteiger partial charge on any atom is 0.0690 e. The van der Waals surface area contributed by atoms with E-state index in [4.69, 9.17) is 4.98 Å². The van der Waals surface area contributed by atoms with Gasteiger partial charge in [-0.3, -0.25) is 9.88 Å². The fraction of sp³-hybridized carbons (Fsp3) is 0.750. The van der Waals surface area contributed by atoms with Crippen LogP contribution >= 0.6 is 0 Å². The van der Waals surface area contributed by atoms with E-state index < -0.39 is 0 Å². The quantitative estimate of drug-likeness (QED) is 0.430. The van der Waals surface area contributed by atoms with E-state index in [1.807, 2.05) is 12.3 Å². The van der Waals surface area contributed by atoms with Crippen LogP contribution in [0.3, 0.4) is 0 Å². The minimum Gasteiger partial charge on any atom is -0.299 e. The van der Waals surface area contributed by atoms with Crippen LogP contribution in [0.15, 0.2) is 24.4 Å². The second kappa shape index (κ2) is 10.8. The molecule has 1 aromatic heterocycles. The van der Waals surface area contributed by atoms with Crippen LogP contribution in [0.1, 0.15) is 92.7 Å². The van der Waals surface area contributed by atoms with Gasteiger partial charge < -0.3 is 0 Å². The zero-order chi connectivity index (χ0) is 20.5. The van der Waals surface area contributed by atoms with Crippen molar-refractivity contribution in [2.75, 3.05) is 6.54 Å². The molecule has 1 unspecified atom stereocenters. The summed E-state index contributed by atoms with van der Waals surface area (Å²) in [6, 6.07) is 9.98. The Morgan fingerprint density at radius 3 is 2.04 bits per heavy atom. The Labute approximate surface area is 168 Å². The van der Waals surface area contributed by atoms with E-state index in [1.54, 1.807) is 0 Å². The van der Waals surface area contributed by atoms with Gasteiger partial charge in [-0.05, 0) is 72.1 Å². The van der Waals surface area contributed by atoms with E-state index in [0.717, 1.165) is 50.8 Å². The van der Waals surface area contributed by atoms with Crippen LogP contribution < -0.4 is 0 Å². The third kappa shape index (κ3) is 6.61. The van der Waals surface area contributed by atoms with Gasteiger partial charge in [-0.2, -0.15) is 5.26 Å². The van der Waals surface area contributed by atoms with Gasteiger partial charge in [0.1, 0.15) is 0 Å². The lowest BCUT2D eigenvalue weighted by Gasteiger charge is -2.40. The normalized spacial score (nSPS) is 14.6. The highest BCUT2D eigenvalue weighted by Gasteiger charge is 2.40. The van der Waals surface area contributed by atoms with Crippen molar-refractivity contribution in [2.45, 2.75) is 104 Å². The van der Waals surface area contributed by atoms with Gasteiger partial charge in [0.15, 0.2) is 0 Å². The van der Waals surface area contributed by atoms with Gasteiger partial charge >= 0.3 is 0 Å². The van der Waals surface area contributed by atoms with E-state index in [9.17, 15) is 5.26 Å². The summed E-state index contributed by atoms with van der Waals surface area (Å²) in [6.07, 6.45) is 7.85. The van der Waals surface area contributed by atoms with Gasteiger partial charge in [0.05, 0.1) is 11.5 Å². The molecule has 152 valence electrons. The fourth-order valence-electron chi connectivity index (χ4n) is 4.67. The van der Waals surface area contributed by atoms with Crippen molar-refractivity contribution in [3.05, 3.63) is 30.1 Å². The van der Waals surface area contributed by atoms with Gasteiger partial charge in [0.2, 0.25) is 0 Å². The molecular formula is C24H41N3. The Morgan fingerprint density at radius 2 is 1.63 bits per heavy atom. The van der Waals surface area contributed by atoms with Crippen LogP contribution in [0.2, 0.25) is 0 Å². The van der Waals surface area contributed by atoms with E-state index in [0.29, 0.717) is 12.1 Å². The molecule has 0 aliphatic heterocycles. The molecule has 0 radical (unpaired) electrons. The Kier molecular flexibility index (Phi) is 9.47. The number of hydrogen-bond donors (Lipinski definition) is 0. The Balaban J connectivity index is 3.21. The minimum absolute atomic E-state index is 0.0939. The predicted molar refractivity (Wildman–Crippen MR) is 116 cm³/mol. The lowest BCUT2D eigenvalue weighted by atomic mass is 9.65. The van der Waals surface area contributed by atoms with Crippen LogP contribution in [-0.2, 0) is 5.41 Å². The van der Waals surface area contributed by atoms with Gasteiger partial charge in [0.25, 0.3) is 0 Å². The van der Waals surface area contributed by atoms with Crippen LogP contribution in [0.4, 0.5) is 0 Å². The van der Waals surface area contributed by atoms with Crippen molar-refractivity contribution in [1.82, 2.24) is 9.88 Å². The molecule has 0 bridgehead atoms. The largest absolute Gasteiger partial charge is 0.299 e. The van der Waals surface area contributed by atoms with Crippen molar-refractivity contribution in [1.29, 1.82) is 5.26 Å². The van der Waals surface area contributed by atoms with E-state index >= 15 is 0 Å². The monoisotopic (exact) mass is 371 g/mol. The summed E-state index contributed by atoms with van der Waals surface area (Å²) in [6.45, 7) is 16.8. The summed E-state index contributed by atoms with van der Waals surface area (Å²) < 4.78 is 0. The molecule has 0 spiro atoms. The molecule has 1 heterocycles. The lowest BCUT2D eigenvalue weighted by Crippen LogP contribution is -2.42. The van der Waals surface area contributed by atoms with E-state index in [-0.39, 0.29) is 10.8 Å². The maximum atomic E-state index is 10.1. The SMILES string of the molecule is CCCC(C#N)(CCC)CC(C)(CCN(C(C)C)C(C)C)c1ccccn1. The molecule has 0 amide bonds. The second-order valence-corrected chi connectivity index (χ2v) is 9.02. The van der Waals surface area contributed by atoms with Crippen molar-refractivity contribution in [3.63, 3.8) is 0 Å². The Hall–Kier alpha value is -1.40. The standard InChI is InChI=1S/C24H41N3/c1-8-13-24(19-25,14-9-2)18-23(7,22-12-10-11-16-26-22)15-17-27(20(3)4)21(5)6/h10-12,16,20-21H,8-9,13-15,17-18H2,1-7H3. The molecule has 0 saturated heterocycles. The van der Waals surface area contributed by atoms with Gasteiger partial charge in [-0.25, -0.2) is 0 Å². The minimum atomic E-state index is -0.254. The first kappa shape index (κ1) is 23.6. The van der Waals surface area contributed by atoms with E-state index in [1.165, 1.54) is 0 Å². The number of pyridine rings is 1. The van der Waals surface area contributed by atoms with Crippen molar-refractivity contribution in [2.24, 2.45) is 5.41 Å². The lowest BCUT2D eigenvalue weighted by molar-refractivity contribution is 0.140. The van der Waals surface area contributed by atoms with Gasteiger partial charge in [0, 0.05) is 29.4 Å². The third-order valence-electron chi connectivity index (χ3n) is 5.95. The molecule has 0 saturated carbocycles. The summed E-state index contributed by atoms with van der Waals surface area (Å²) in [5.74, 6) is 0. The second-order valence-electron chi connectivity index (χ2n) is 9.02. The summed E-state index contributed by atoms with van der Waals surface area (Å²) in [5, 5.41) is 10.1. The number of aromatic nitrogens is 1. The first-order valence-corrected chi connectivity index (χ1v) is 10.8. The fourth-order valence-corrected chi connectivity index (χ4v) is 4.67. The zero-order valence-electron chi connectivity index (χ0n) is 18.8. The maximum absolute atomic E-state index is 10.1. The Morgan fingerprint density at radius 1 is 1.04 bits per heavy atom. The Bertz CT molecular complexity index is 559. The first-order chi connectivity index (χ1) is 12.7.